The predicted molar refractivity (Wildman–Crippen MR) is 62.1 cm³/mol. The van der Waals surface area contributed by atoms with Crippen molar-refractivity contribution in [2.24, 2.45) is 0 Å². The molecule has 0 aliphatic carbocycles. The van der Waals surface area contributed by atoms with Gasteiger partial charge in [0.2, 0.25) is 0 Å². The van der Waals surface area contributed by atoms with Crippen molar-refractivity contribution in [1.82, 2.24) is 10.2 Å². The van der Waals surface area contributed by atoms with Gasteiger partial charge in [0, 0.05) is 24.7 Å². The molecule has 0 aromatic carbocycles. The normalized spacial score (nSPS) is 39.2. The van der Waals surface area contributed by atoms with Gasteiger partial charge in [-0.25, -0.2) is 0 Å². The van der Waals surface area contributed by atoms with Crippen molar-refractivity contribution in [3.63, 3.8) is 0 Å². The van der Waals surface area contributed by atoms with E-state index in [2.05, 4.69) is 24.2 Å². The fraction of sp³-hybridized carbons (Fsp3) is 1.00. The molecule has 0 aromatic heterocycles. The van der Waals surface area contributed by atoms with E-state index in [0.717, 1.165) is 19.3 Å². The minimum Gasteiger partial charge on any atom is -0.380 e. The summed E-state index contributed by atoms with van der Waals surface area (Å²) in [5.74, 6) is 0. The summed E-state index contributed by atoms with van der Waals surface area (Å²) in [5, 5.41) is 3.76. The zero-order valence-electron chi connectivity index (χ0n) is 10.0. The van der Waals surface area contributed by atoms with Gasteiger partial charge in [0.15, 0.2) is 0 Å². The summed E-state index contributed by atoms with van der Waals surface area (Å²) in [7, 11) is 2.23. The topological polar surface area (TPSA) is 24.5 Å². The maximum Gasteiger partial charge on any atom is 0.0619 e. The van der Waals surface area contributed by atoms with Crippen LogP contribution in [-0.4, -0.2) is 49.8 Å². The number of hydrogen-bond acceptors (Lipinski definition) is 3. The van der Waals surface area contributed by atoms with Gasteiger partial charge in [0.05, 0.1) is 6.61 Å². The second kappa shape index (κ2) is 5.28. The number of ether oxygens (including phenoxy) is 1. The molecule has 0 aromatic rings. The second-order valence-corrected chi connectivity index (χ2v) is 5.13. The van der Waals surface area contributed by atoms with Crippen LogP contribution in [0.4, 0.5) is 0 Å². The van der Waals surface area contributed by atoms with Crippen molar-refractivity contribution in [2.75, 3.05) is 26.8 Å². The van der Waals surface area contributed by atoms with Crippen molar-refractivity contribution in [3.8, 4) is 0 Å². The fourth-order valence-corrected chi connectivity index (χ4v) is 2.65. The van der Waals surface area contributed by atoms with Crippen LogP contribution in [0.1, 0.15) is 32.6 Å². The first-order valence-electron chi connectivity index (χ1n) is 6.29. The van der Waals surface area contributed by atoms with Crippen LogP contribution in [-0.2, 0) is 4.74 Å². The van der Waals surface area contributed by atoms with Crippen molar-refractivity contribution in [3.05, 3.63) is 0 Å². The zero-order valence-corrected chi connectivity index (χ0v) is 10.0. The first-order valence-corrected chi connectivity index (χ1v) is 6.29. The molecular weight excluding hydrogens is 188 g/mol. The maximum atomic E-state index is 5.50. The highest BCUT2D eigenvalue weighted by Crippen LogP contribution is 2.17. The Bertz CT molecular complexity index is 192. The maximum absolute atomic E-state index is 5.50. The number of rotatable bonds is 2. The number of hydrogen-bond donors (Lipinski definition) is 1. The van der Waals surface area contributed by atoms with E-state index in [1.807, 2.05) is 0 Å². The molecule has 0 amide bonds. The first kappa shape index (κ1) is 11.4. The molecule has 2 aliphatic rings. The molecule has 3 unspecified atom stereocenters. The minimum atomic E-state index is 0.611. The molecule has 88 valence electrons. The lowest BCUT2D eigenvalue weighted by Gasteiger charge is -2.37. The summed E-state index contributed by atoms with van der Waals surface area (Å²) < 4.78 is 5.50. The Balaban J connectivity index is 1.74. The molecule has 3 nitrogen and oxygen atoms in total. The summed E-state index contributed by atoms with van der Waals surface area (Å²) in [6.45, 7) is 5.43. The van der Waals surface area contributed by atoms with Crippen molar-refractivity contribution < 1.29 is 4.74 Å². The summed E-state index contributed by atoms with van der Waals surface area (Å²) >= 11 is 0. The van der Waals surface area contributed by atoms with Gasteiger partial charge >= 0.3 is 0 Å². The standard InChI is InChI=1S/C12H24N2O/c1-10-8-11(5-6-14(10)2)13-12-4-3-7-15-9-12/h10-13H,3-9H2,1-2H3. The van der Waals surface area contributed by atoms with Crippen LogP contribution in [0.25, 0.3) is 0 Å². The highest BCUT2D eigenvalue weighted by Gasteiger charge is 2.25. The quantitative estimate of drug-likeness (QED) is 0.745. The molecule has 3 atom stereocenters. The summed E-state index contributed by atoms with van der Waals surface area (Å²) in [4.78, 5) is 2.45. The molecule has 0 radical (unpaired) electrons. The van der Waals surface area contributed by atoms with Crippen LogP contribution in [0.15, 0.2) is 0 Å². The van der Waals surface area contributed by atoms with Crippen LogP contribution in [0.2, 0.25) is 0 Å². The Kier molecular flexibility index (Phi) is 4.00. The highest BCUT2D eigenvalue weighted by atomic mass is 16.5. The van der Waals surface area contributed by atoms with Crippen LogP contribution in [0.5, 0.6) is 0 Å². The smallest absolute Gasteiger partial charge is 0.0619 e. The van der Waals surface area contributed by atoms with E-state index in [4.69, 9.17) is 4.74 Å². The van der Waals surface area contributed by atoms with Gasteiger partial charge in [0.1, 0.15) is 0 Å². The Hall–Kier alpha value is -0.120. The molecule has 15 heavy (non-hydrogen) atoms. The minimum absolute atomic E-state index is 0.611. The van der Waals surface area contributed by atoms with Crippen LogP contribution in [0.3, 0.4) is 0 Å². The van der Waals surface area contributed by atoms with E-state index in [1.165, 1.54) is 32.2 Å². The monoisotopic (exact) mass is 212 g/mol. The number of nitrogens with one attached hydrogen (secondary N) is 1. The van der Waals surface area contributed by atoms with Crippen molar-refractivity contribution >= 4 is 0 Å². The summed E-state index contributed by atoms with van der Waals surface area (Å²) in [5.41, 5.74) is 0. The lowest BCUT2D eigenvalue weighted by molar-refractivity contribution is 0.0589. The van der Waals surface area contributed by atoms with E-state index in [0.29, 0.717) is 12.1 Å². The Morgan fingerprint density at radius 3 is 2.80 bits per heavy atom. The zero-order chi connectivity index (χ0) is 10.7. The van der Waals surface area contributed by atoms with Gasteiger partial charge in [0.25, 0.3) is 0 Å². The SMILES string of the molecule is CC1CC(NC2CCCOC2)CCN1C. The van der Waals surface area contributed by atoms with Gasteiger partial charge in [-0.1, -0.05) is 0 Å². The van der Waals surface area contributed by atoms with Crippen LogP contribution >= 0.6 is 0 Å². The third-order valence-corrected chi connectivity index (χ3v) is 3.84. The fourth-order valence-electron chi connectivity index (χ4n) is 2.65. The predicted octanol–water partition coefficient (Wildman–Crippen LogP) is 1.24. The number of likely N-dealkylation sites (tertiary alicyclic amines) is 1. The van der Waals surface area contributed by atoms with E-state index < -0.39 is 0 Å². The molecule has 0 bridgehead atoms. The number of nitrogens with zero attached hydrogens (tertiary/aromatic N) is 1. The van der Waals surface area contributed by atoms with E-state index in [1.54, 1.807) is 0 Å². The highest BCUT2D eigenvalue weighted by molar-refractivity contribution is 4.84. The summed E-state index contributed by atoms with van der Waals surface area (Å²) in [6, 6.07) is 2.04. The Labute approximate surface area is 93.2 Å². The van der Waals surface area contributed by atoms with Gasteiger partial charge in [-0.05, 0) is 46.2 Å². The molecule has 0 spiro atoms. The molecule has 2 heterocycles. The molecule has 0 saturated carbocycles. The molecule has 2 fully saturated rings. The van der Waals surface area contributed by atoms with E-state index >= 15 is 0 Å². The summed E-state index contributed by atoms with van der Waals surface area (Å²) in [6.07, 6.45) is 5.09. The van der Waals surface area contributed by atoms with Gasteiger partial charge in [-0.2, -0.15) is 0 Å². The average Bonchev–Trinajstić information content (AvgIpc) is 2.25. The molecule has 2 rings (SSSR count). The molecular formula is C12H24N2O. The largest absolute Gasteiger partial charge is 0.380 e. The van der Waals surface area contributed by atoms with Crippen LogP contribution in [0, 0.1) is 0 Å². The third-order valence-electron chi connectivity index (χ3n) is 3.84. The van der Waals surface area contributed by atoms with Gasteiger partial charge in [-0.15, -0.1) is 0 Å². The van der Waals surface area contributed by atoms with Gasteiger partial charge < -0.3 is 15.0 Å². The lowest BCUT2D eigenvalue weighted by Crippen LogP contribution is -2.50. The molecule has 2 saturated heterocycles. The molecule has 2 aliphatic heterocycles. The average molecular weight is 212 g/mol. The van der Waals surface area contributed by atoms with Crippen molar-refractivity contribution in [2.45, 2.75) is 50.7 Å². The Morgan fingerprint density at radius 2 is 2.13 bits per heavy atom. The molecule has 1 N–H and O–H groups in total. The van der Waals surface area contributed by atoms with Gasteiger partial charge in [-0.3, -0.25) is 0 Å². The van der Waals surface area contributed by atoms with Crippen LogP contribution < -0.4 is 5.32 Å². The van der Waals surface area contributed by atoms with Crippen molar-refractivity contribution in [1.29, 1.82) is 0 Å². The lowest BCUT2D eigenvalue weighted by atomic mass is 9.97. The van der Waals surface area contributed by atoms with E-state index in [9.17, 15) is 0 Å². The first-order chi connectivity index (χ1) is 7.25. The van der Waals surface area contributed by atoms with E-state index in [-0.39, 0.29) is 0 Å². The Morgan fingerprint density at radius 1 is 1.27 bits per heavy atom. The molecule has 3 heteroatoms. The second-order valence-electron chi connectivity index (χ2n) is 5.13. The number of piperidine rings is 1. The third kappa shape index (κ3) is 3.16.